The summed E-state index contributed by atoms with van der Waals surface area (Å²) in [5.41, 5.74) is 1.61. The summed E-state index contributed by atoms with van der Waals surface area (Å²) >= 11 is 0. The molecule has 0 aliphatic carbocycles. The lowest BCUT2D eigenvalue weighted by atomic mass is 10.2. The fourth-order valence-electron chi connectivity index (χ4n) is 2.15. The van der Waals surface area contributed by atoms with E-state index in [1.54, 1.807) is 24.3 Å². The van der Waals surface area contributed by atoms with Crippen molar-refractivity contribution >= 4 is 33.3 Å². The molecule has 2 rings (SSSR count). The van der Waals surface area contributed by atoms with Gasteiger partial charge in [0.1, 0.15) is 0 Å². The van der Waals surface area contributed by atoms with Crippen molar-refractivity contribution in [3.63, 3.8) is 0 Å². The second-order valence-electron chi connectivity index (χ2n) is 6.05. The average Bonchev–Trinajstić information content (AvgIpc) is 2.61. The lowest BCUT2D eigenvalue weighted by Gasteiger charge is -2.15. The number of nitrogens with two attached hydrogens (primary N) is 1. The average molecular weight is 391 g/mol. The monoisotopic (exact) mass is 391 g/mol. The summed E-state index contributed by atoms with van der Waals surface area (Å²) in [6, 6.07) is 12.1. The Balaban J connectivity index is 1.97. The minimum Gasteiger partial charge on any atom is -0.449 e. The molecule has 144 valence electrons. The first-order valence-electron chi connectivity index (χ1n) is 8.00. The SMILES string of the molecule is C[C@@H](OC(=O)c1ccc(N(C)C)cc1)C(=O)Nc1ccc(S(N)(=O)=O)cc1. The van der Waals surface area contributed by atoms with Crippen LogP contribution < -0.4 is 15.4 Å². The zero-order valence-electron chi connectivity index (χ0n) is 15.2. The van der Waals surface area contributed by atoms with Crippen molar-refractivity contribution in [3.8, 4) is 0 Å². The number of rotatable bonds is 6. The Bertz CT molecular complexity index is 922. The van der Waals surface area contributed by atoms with Crippen LogP contribution in [0.2, 0.25) is 0 Å². The molecule has 0 unspecified atom stereocenters. The van der Waals surface area contributed by atoms with Crippen molar-refractivity contribution in [2.24, 2.45) is 5.14 Å². The molecule has 0 aliphatic rings. The highest BCUT2D eigenvalue weighted by Gasteiger charge is 2.19. The highest BCUT2D eigenvalue weighted by molar-refractivity contribution is 7.89. The van der Waals surface area contributed by atoms with Gasteiger partial charge in [0.25, 0.3) is 5.91 Å². The van der Waals surface area contributed by atoms with E-state index in [-0.39, 0.29) is 4.90 Å². The number of hydrogen-bond donors (Lipinski definition) is 2. The third-order valence-corrected chi connectivity index (χ3v) is 4.65. The van der Waals surface area contributed by atoms with Crippen LogP contribution in [-0.2, 0) is 19.6 Å². The Morgan fingerprint density at radius 3 is 2.07 bits per heavy atom. The van der Waals surface area contributed by atoms with Gasteiger partial charge in [-0.05, 0) is 55.5 Å². The Hall–Kier alpha value is -2.91. The van der Waals surface area contributed by atoms with Gasteiger partial charge >= 0.3 is 5.97 Å². The molecule has 0 bridgehead atoms. The van der Waals surface area contributed by atoms with Crippen molar-refractivity contribution in [1.29, 1.82) is 0 Å². The number of nitrogens with zero attached hydrogens (tertiary/aromatic N) is 1. The number of carbonyl (C=O) groups is 2. The Labute approximate surface area is 158 Å². The van der Waals surface area contributed by atoms with E-state index in [0.717, 1.165) is 5.69 Å². The van der Waals surface area contributed by atoms with Gasteiger partial charge in [-0.15, -0.1) is 0 Å². The Morgan fingerprint density at radius 1 is 1.04 bits per heavy atom. The van der Waals surface area contributed by atoms with Crippen LogP contribution in [0.1, 0.15) is 17.3 Å². The standard InChI is InChI=1S/C18H21N3O5S/c1-12(26-18(23)13-4-8-15(9-5-13)21(2)3)17(22)20-14-6-10-16(11-7-14)27(19,24)25/h4-12H,1-3H3,(H,20,22)(H2,19,24,25)/t12-/m1/s1. The molecule has 8 nitrogen and oxygen atoms in total. The molecule has 2 aromatic rings. The van der Waals surface area contributed by atoms with Gasteiger partial charge < -0.3 is 15.0 Å². The third kappa shape index (κ3) is 5.53. The minimum absolute atomic E-state index is 0.0684. The van der Waals surface area contributed by atoms with E-state index in [4.69, 9.17) is 9.88 Å². The summed E-state index contributed by atoms with van der Waals surface area (Å²) in [6.07, 6.45) is -1.04. The van der Waals surface area contributed by atoms with E-state index in [1.165, 1.54) is 31.2 Å². The van der Waals surface area contributed by atoms with Gasteiger partial charge in [-0.3, -0.25) is 4.79 Å². The lowest BCUT2D eigenvalue weighted by Crippen LogP contribution is -2.30. The van der Waals surface area contributed by atoms with Crippen LogP contribution in [0.25, 0.3) is 0 Å². The highest BCUT2D eigenvalue weighted by atomic mass is 32.2. The molecule has 0 fully saturated rings. The number of primary sulfonamides is 1. The second-order valence-corrected chi connectivity index (χ2v) is 7.61. The zero-order valence-corrected chi connectivity index (χ0v) is 16.0. The summed E-state index contributed by atoms with van der Waals surface area (Å²) in [4.78, 5) is 26.1. The largest absolute Gasteiger partial charge is 0.449 e. The molecule has 9 heteroatoms. The topological polar surface area (TPSA) is 119 Å². The molecule has 0 aromatic heterocycles. The number of ether oxygens (including phenoxy) is 1. The van der Waals surface area contributed by atoms with Crippen LogP contribution in [0.5, 0.6) is 0 Å². The van der Waals surface area contributed by atoms with Gasteiger partial charge in [0.05, 0.1) is 10.5 Å². The van der Waals surface area contributed by atoms with E-state index < -0.39 is 28.0 Å². The maximum Gasteiger partial charge on any atom is 0.338 e. The second kappa shape index (κ2) is 8.19. The normalized spacial score (nSPS) is 12.1. The van der Waals surface area contributed by atoms with Gasteiger partial charge in [-0.2, -0.15) is 0 Å². The fourth-order valence-corrected chi connectivity index (χ4v) is 2.67. The smallest absolute Gasteiger partial charge is 0.338 e. The molecule has 3 N–H and O–H groups in total. The molecule has 0 spiro atoms. The van der Waals surface area contributed by atoms with Crippen LogP contribution in [0.15, 0.2) is 53.4 Å². The minimum atomic E-state index is -3.80. The predicted octanol–water partition coefficient (Wildman–Crippen LogP) is 1.58. The van der Waals surface area contributed by atoms with Gasteiger partial charge in [0.15, 0.2) is 6.10 Å². The van der Waals surface area contributed by atoms with Crippen LogP contribution >= 0.6 is 0 Å². The summed E-state index contributed by atoms with van der Waals surface area (Å²) < 4.78 is 27.6. The molecule has 0 saturated carbocycles. The van der Waals surface area contributed by atoms with Gasteiger partial charge in [-0.25, -0.2) is 18.4 Å². The highest BCUT2D eigenvalue weighted by Crippen LogP contribution is 2.15. The molecule has 27 heavy (non-hydrogen) atoms. The van der Waals surface area contributed by atoms with Crippen molar-refractivity contribution in [2.75, 3.05) is 24.3 Å². The molecule has 0 aliphatic heterocycles. The van der Waals surface area contributed by atoms with Gasteiger partial charge in [0.2, 0.25) is 10.0 Å². The number of benzene rings is 2. The van der Waals surface area contributed by atoms with E-state index in [1.807, 2.05) is 19.0 Å². The Kier molecular flexibility index (Phi) is 6.19. The first kappa shape index (κ1) is 20.4. The molecule has 0 saturated heterocycles. The number of esters is 1. The number of hydrogen-bond acceptors (Lipinski definition) is 6. The van der Waals surface area contributed by atoms with Crippen molar-refractivity contribution in [3.05, 3.63) is 54.1 Å². The Morgan fingerprint density at radius 2 is 1.59 bits per heavy atom. The van der Waals surface area contributed by atoms with E-state index in [9.17, 15) is 18.0 Å². The van der Waals surface area contributed by atoms with E-state index in [0.29, 0.717) is 11.3 Å². The van der Waals surface area contributed by atoms with Crippen molar-refractivity contribution in [2.45, 2.75) is 17.9 Å². The van der Waals surface area contributed by atoms with E-state index in [2.05, 4.69) is 5.32 Å². The number of carbonyl (C=O) groups excluding carboxylic acids is 2. The predicted molar refractivity (Wildman–Crippen MR) is 102 cm³/mol. The van der Waals surface area contributed by atoms with Gasteiger partial charge in [-0.1, -0.05) is 0 Å². The molecule has 1 amide bonds. The van der Waals surface area contributed by atoms with Crippen molar-refractivity contribution in [1.82, 2.24) is 0 Å². The maximum absolute atomic E-state index is 12.2. The summed E-state index contributed by atoms with van der Waals surface area (Å²) in [5.74, 6) is -1.16. The maximum atomic E-state index is 12.2. The van der Waals surface area contributed by atoms with Crippen LogP contribution in [0, 0.1) is 0 Å². The molecular formula is C18H21N3O5S. The first-order valence-corrected chi connectivity index (χ1v) is 9.54. The van der Waals surface area contributed by atoms with Crippen molar-refractivity contribution < 1.29 is 22.7 Å². The molecule has 0 radical (unpaired) electrons. The number of amides is 1. The van der Waals surface area contributed by atoms with Crippen LogP contribution in [0.4, 0.5) is 11.4 Å². The lowest BCUT2D eigenvalue weighted by molar-refractivity contribution is -0.123. The number of anilines is 2. The molecule has 0 heterocycles. The van der Waals surface area contributed by atoms with Crippen LogP contribution in [0.3, 0.4) is 0 Å². The third-order valence-electron chi connectivity index (χ3n) is 3.72. The van der Waals surface area contributed by atoms with Gasteiger partial charge in [0, 0.05) is 25.5 Å². The van der Waals surface area contributed by atoms with Crippen LogP contribution in [-0.4, -0.2) is 40.5 Å². The summed E-state index contributed by atoms with van der Waals surface area (Å²) in [6.45, 7) is 1.44. The number of nitrogens with one attached hydrogen (secondary N) is 1. The molecule has 1 atom stereocenters. The molecular weight excluding hydrogens is 370 g/mol. The summed E-state index contributed by atoms with van der Waals surface area (Å²) in [7, 11) is -0.0363. The fraction of sp³-hybridized carbons (Fsp3) is 0.222. The quantitative estimate of drug-likeness (QED) is 0.722. The van der Waals surface area contributed by atoms with E-state index >= 15 is 0 Å². The summed E-state index contributed by atoms with van der Waals surface area (Å²) in [5, 5.41) is 7.56. The zero-order chi connectivity index (χ0) is 20.2. The first-order chi connectivity index (χ1) is 12.6. The number of sulfonamides is 1. The molecule has 2 aromatic carbocycles.